The highest BCUT2D eigenvalue weighted by Crippen LogP contribution is 2.29. The molecule has 1 amide bonds. The monoisotopic (exact) mass is 387 g/mol. The predicted octanol–water partition coefficient (Wildman–Crippen LogP) is 3.97. The van der Waals surface area contributed by atoms with E-state index in [0.717, 1.165) is 22.1 Å². The molecule has 3 rings (SSSR count). The largest absolute Gasteiger partial charge is 0.426 e. The van der Waals surface area contributed by atoms with Gasteiger partial charge >= 0.3 is 5.97 Å². The Morgan fingerprint density at radius 1 is 1.21 bits per heavy atom. The first kappa shape index (κ1) is 16.7. The van der Waals surface area contributed by atoms with Gasteiger partial charge in [-0.05, 0) is 42.3 Å². The van der Waals surface area contributed by atoms with Gasteiger partial charge in [-0.15, -0.1) is 0 Å². The van der Waals surface area contributed by atoms with Crippen molar-refractivity contribution in [1.29, 1.82) is 0 Å². The summed E-state index contributed by atoms with van der Waals surface area (Å²) in [6.45, 7) is 2.42. The Morgan fingerprint density at radius 3 is 2.62 bits per heavy atom. The molecule has 0 spiro atoms. The minimum absolute atomic E-state index is 0.0337. The van der Waals surface area contributed by atoms with Crippen LogP contribution in [-0.4, -0.2) is 18.4 Å². The van der Waals surface area contributed by atoms with Crippen LogP contribution >= 0.6 is 15.9 Å². The molecule has 0 saturated carbocycles. The lowest BCUT2D eigenvalue weighted by molar-refractivity contribution is -0.139. The molecule has 1 fully saturated rings. The topological polar surface area (TPSA) is 46.6 Å². The van der Waals surface area contributed by atoms with Crippen LogP contribution in [0.2, 0.25) is 0 Å². The van der Waals surface area contributed by atoms with Gasteiger partial charge in [-0.3, -0.25) is 9.59 Å². The first-order valence-corrected chi connectivity index (χ1v) is 8.73. The van der Waals surface area contributed by atoms with Crippen LogP contribution in [0.3, 0.4) is 0 Å². The van der Waals surface area contributed by atoms with E-state index in [1.165, 1.54) is 0 Å². The molecule has 2 aromatic rings. The lowest BCUT2D eigenvalue weighted by atomic mass is 10.1. The van der Waals surface area contributed by atoms with E-state index in [1.54, 1.807) is 17.0 Å². The van der Waals surface area contributed by atoms with E-state index in [-0.39, 0.29) is 18.3 Å². The summed E-state index contributed by atoms with van der Waals surface area (Å²) in [5, 5.41) is 0. The van der Waals surface area contributed by atoms with Gasteiger partial charge in [0.1, 0.15) is 5.75 Å². The molecule has 0 aliphatic carbocycles. The summed E-state index contributed by atoms with van der Waals surface area (Å²) in [5.41, 5.74) is 2.00. The van der Waals surface area contributed by atoms with E-state index in [1.807, 2.05) is 36.4 Å². The fourth-order valence-corrected chi connectivity index (χ4v) is 3.14. The molecule has 4 nitrogen and oxygen atoms in total. The Kier molecular flexibility index (Phi) is 5.00. The number of halogens is 1. The van der Waals surface area contributed by atoms with E-state index < -0.39 is 5.92 Å². The number of amides is 1. The number of anilines is 1. The first-order valence-electron chi connectivity index (χ1n) is 7.94. The minimum atomic E-state index is -0.439. The van der Waals surface area contributed by atoms with Crippen LogP contribution in [0.25, 0.3) is 0 Å². The quantitative estimate of drug-likeness (QED) is 0.588. The minimum Gasteiger partial charge on any atom is -0.426 e. The van der Waals surface area contributed by atoms with Crippen molar-refractivity contribution in [2.24, 2.45) is 5.92 Å². The third-order valence-corrected chi connectivity index (χ3v) is 4.68. The molecule has 124 valence electrons. The van der Waals surface area contributed by atoms with Crippen LogP contribution < -0.4 is 9.64 Å². The highest BCUT2D eigenvalue weighted by atomic mass is 79.9. The van der Waals surface area contributed by atoms with E-state index in [0.29, 0.717) is 12.3 Å². The number of benzene rings is 2. The van der Waals surface area contributed by atoms with Crippen LogP contribution in [0, 0.1) is 5.92 Å². The second-order valence-corrected chi connectivity index (χ2v) is 6.68. The van der Waals surface area contributed by atoms with Gasteiger partial charge in [-0.1, -0.05) is 41.1 Å². The number of aryl methyl sites for hydroxylation is 1. The SMILES string of the molecule is CCc1ccccc1N1C[C@@H](C(=O)Oc2ccc(Br)cc2)CC1=O. The fourth-order valence-electron chi connectivity index (χ4n) is 2.87. The highest BCUT2D eigenvalue weighted by molar-refractivity contribution is 9.10. The van der Waals surface area contributed by atoms with Gasteiger partial charge in [0.05, 0.1) is 5.92 Å². The molecule has 0 unspecified atom stereocenters. The van der Waals surface area contributed by atoms with E-state index in [2.05, 4.69) is 22.9 Å². The normalized spacial score (nSPS) is 17.2. The van der Waals surface area contributed by atoms with Crippen molar-refractivity contribution in [3.05, 3.63) is 58.6 Å². The van der Waals surface area contributed by atoms with Gasteiger partial charge in [0.2, 0.25) is 5.91 Å². The number of nitrogens with zero attached hydrogens (tertiary/aromatic N) is 1. The zero-order chi connectivity index (χ0) is 17.1. The predicted molar refractivity (Wildman–Crippen MR) is 96.1 cm³/mol. The van der Waals surface area contributed by atoms with Crippen LogP contribution in [-0.2, 0) is 16.0 Å². The number of ether oxygens (including phenoxy) is 1. The second-order valence-electron chi connectivity index (χ2n) is 5.76. The van der Waals surface area contributed by atoms with Crippen molar-refractivity contribution in [2.45, 2.75) is 19.8 Å². The van der Waals surface area contributed by atoms with E-state index in [4.69, 9.17) is 4.74 Å². The average Bonchev–Trinajstić information content (AvgIpc) is 2.98. The number of esters is 1. The van der Waals surface area contributed by atoms with Gasteiger partial charge in [0.15, 0.2) is 0 Å². The zero-order valence-corrected chi connectivity index (χ0v) is 15.0. The van der Waals surface area contributed by atoms with Crippen molar-refractivity contribution in [3.8, 4) is 5.75 Å². The Balaban J connectivity index is 1.72. The highest BCUT2D eigenvalue weighted by Gasteiger charge is 2.37. The number of carbonyl (C=O) groups excluding carboxylic acids is 2. The maximum absolute atomic E-state index is 12.4. The smallest absolute Gasteiger partial charge is 0.316 e. The number of hydrogen-bond donors (Lipinski definition) is 0. The Hall–Kier alpha value is -2.14. The summed E-state index contributed by atoms with van der Waals surface area (Å²) in [7, 11) is 0. The Labute approximate surface area is 149 Å². The number of carbonyl (C=O) groups is 2. The third kappa shape index (κ3) is 3.51. The molecule has 1 aliphatic rings. The zero-order valence-electron chi connectivity index (χ0n) is 13.4. The lowest BCUT2D eigenvalue weighted by Crippen LogP contribution is -2.28. The van der Waals surface area contributed by atoms with Crippen molar-refractivity contribution < 1.29 is 14.3 Å². The van der Waals surface area contributed by atoms with Crippen LogP contribution in [0.1, 0.15) is 18.9 Å². The van der Waals surface area contributed by atoms with Gasteiger partial charge < -0.3 is 9.64 Å². The summed E-state index contributed by atoms with van der Waals surface area (Å²) < 4.78 is 6.32. The number of hydrogen-bond acceptors (Lipinski definition) is 3. The molecule has 0 radical (unpaired) electrons. The Morgan fingerprint density at radius 2 is 1.92 bits per heavy atom. The molecule has 0 bridgehead atoms. The molecule has 1 saturated heterocycles. The lowest BCUT2D eigenvalue weighted by Gasteiger charge is -2.19. The van der Waals surface area contributed by atoms with Crippen molar-refractivity contribution >= 4 is 33.5 Å². The molecule has 1 aliphatic heterocycles. The molecular weight excluding hydrogens is 370 g/mol. The van der Waals surface area contributed by atoms with Crippen molar-refractivity contribution in [1.82, 2.24) is 0 Å². The summed E-state index contributed by atoms with van der Waals surface area (Å²) >= 11 is 3.34. The fraction of sp³-hybridized carbons (Fsp3) is 0.263. The van der Waals surface area contributed by atoms with Crippen LogP contribution in [0.5, 0.6) is 5.75 Å². The standard InChI is InChI=1S/C19H18BrNO3/c1-2-13-5-3-4-6-17(13)21-12-14(11-18(21)22)19(23)24-16-9-7-15(20)8-10-16/h3-10,14H,2,11-12H2,1H3/t14-/m0/s1. The summed E-state index contributed by atoms with van der Waals surface area (Å²) in [6, 6.07) is 14.9. The van der Waals surface area contributed by atoms with Crippen LogP contribution in [0.15, 0.2) is 53.0 Å². The average molecular weight is 388 g/mol. The number of rotatable bonds is 4. The summed E-state index contributed by atoms with van der Waals surface area (Å²) in [5.74, 6) is -0.343. The van der Waals surface area contributed by atoms with Gasteiger partial charge in [0.25, 0.3) is 0 Å². The van der Waals surface area contributed by atoms with E-state index >= 15 is 0 Å². The van der Waals surface area contributed by atoms with Gasteiger partial charge in [-0.25, -0.2) is 0 Å². The summed E-state index contributed by atoms with van der Waals surface area (Å²) in [4.78, 5) is 26.4. The molecule has 1 heterocycles. The van der Waals surface area contributed by atoms with E-state index in [9.17, 15) is 9.59 Å². The molecule has 0 N–H and O–H groups in total. The molecular formula is C19H18BrNO3. The maximum Gasteiger partial charge on any atom is 0.316 e. The van der Waals surface area contributed by atoms with Gasteiger partial charge in [0, 0.05) is 23.1 Å². The van der Waals surface area contributed by atoms with Crippen molar-refractivity contribution in [3.63, 3.8) is 0 Å². The van der Waals surface area contributed by atoms with Gasteiger partial charge in [-0.2, -0.15) is 0 Å². The molecule has 5 heteroatoms. The molecule has 24 heavy (non-hydrogen) atoms. The van der Waals surface area contributed by atoms with Crippen molar-refractivity contribution in [2.75, 3.05) is 11.4 Å². The third-order valence-electron chi connectivity index (χ3n) is 4.15. The molecule has 1 atom stereocenters. The summed E-state index contributed by atoms with van der Waals surface area (Å²) in [6.07, 6.45) is 1.03. The first-order chi connectivity index (χ1) is 11.6. The second kappa shape index (κ2) is 7.18. The number of para-hydroxylation sites is 1. The molecule has 2 aromatic carbocycles. The Bertz CT molecular complexity index is 757. The molecule has 0 aromatic heterocycles. The van der Waals surface area contributed by atoms with Crippen LogP contribution in [0.4, 0.5) is 5.69 Å². The maximum atomic E-state index is 12.4.